The zero-order valence-electron chi connectivity index (χ0n) is 15.4. The van der Waals surface area contributed by atoms with Gasteiger partial charge in [0.15, 0.2) is 12.4 Å². The topological polar surface area (TPSA) is 67.9 Å². The third-order valence-corrected chi connectivity index (χ3v) is 4.39. The molecule has 0 saturated carbocycles. The predicted octanol–water partition coefficient (Wildman–Crippen LogP) is 3.13. The number of hydrogen-bond acceptors (Lipinski definition) is 5. The molecule has 0 unspecified atom stereocenters. The summed E-state index contributed by atoms with van der Waals surface area (Å²) in [5.74, 6) is 0.153. The molecule has 0 atom stereocenters. The van der Waals surface area contributed by atoms with Crippen LogP contribution in [0.4, 0.5) is 11.4 Å². The van der Waals surface area contributed by atoms with Crippen molar-refractivity contribution in [3.63, 3.8) is 0 Å². The van der Waals surface area contributed by atoms with E-state index < -0.39 is 0 Å². The summed E-state index contributed by atoms with van der Waals surface area (Å²) in [6.07, 6.45) is 0.391. The van der Waals surface area contributed by atoms with Gasteiger partial charge in [-0.2, -0.15) is 0 Å². The van der Waals surface area contributed by atoms with Crippen LogP contribution in [0.25, 0.3) is 0 Å². The molecule has 1 fully saturated rings. The van der Waals surface area contributed by atoms with E-state index in [1.165, 1.54) is 0 Å². The summed E-state index contributed by atoms with van der Waals surface area (Å²) in [6.45, 7) is 4.85. The number of para-hydroxylation sites is 1. The summed E-state index contributed by atoms with van der Waals surface area (Å²) in [6, 6.07) is 14.7. The molecule has 2 aromatic rings. The fourth-order valence-electron chi connectivity index (χ4n) is 2.93. The van der Waals surface area contributed by atoms with Crippen molar-refractivity contribution in [2.75, 3.05) is 43.1 Å². The lowest BCUT2D eigenvalue weighted by atomic mass is 10.1. The van der Waals surface area contributed by atoms with Crippen molar-refractivity contribution >= 4 is 23.1 Å². The first-order valence-electron chi connectivity index (χ1n) is 9.15. The minimum Gasteiger partial charge on any atom is -0.483 e. The van der Waals surface area contributed by atoms with Crippen LogP contribution >= 0.6 is 0 Å². The van der Waals surface area contributed by atoms with Gasteiger partial charge in [0.25, 0.3) is 5.91 Å². The molecule has 0 radical (unpaired) electrons. The van der Waals surface area contributed by atoms with E-state index in [2.05, 4.69) is 10.2 Å². The molecule has 1 aliphatic heterocycles. The molecule has 27 heavy (non-hydrogen) atoms. The van der Waals surface area contributed by atoms with Gasteiger partial charge in [-0.25, -0.2) is 0 Å². The monoisotopic (exact) mass is 368 g/mol. The Balaban J connectivity index is 1.54. The van der Waals surface area contributed by atoms with Crippen molar-refractivity contribution in [2.24, 2.45) is 0 Å². The fraction of sp³-hybridized carbons (Fsp3) is 0.333. The number of morpholine rings is 1. The molecule has 142 valence electrons. The summed E-state index contributed by atoms with van der Waals surface area (Å²) >= 11 is 0. The Hall–Kier alpha value is -2.86. The second-order valence-corrected chi connectivity index (χ2v) is 6.26. The van der Waals surface area contributed by atoms with Crippen LogP contribution in [-0.4, -0.2) is 44.6 Å². The molecule has 1 saturated heterocycles. The van der Waals surface area contributed by atoms with Gasteiger partial charge >= 0.3 is 0 Å². The van der Waals surface area contributed by atoms with Gasteiger partial charge in [0.05, 0.1) is 18.8 Å². The highest BCUT2D eigenvalue weighted by atomic mass is 16.5. The van der Waals surface area contributed by atoms with E-state index in [1.54, 1.807) is 31.2 Å². The minimum atomic E-state index is -0.270. The van der Waals surface area contributed by atoms with E-state index >= 15 is 0 Å². The lowest BCUT2D eigenvalue weighted by Gasteiger charge is -2.28. The van der Waals surface area contributed by atoms with E-state index in [-0.39, 0.29) is 18.3 Å². The van der Waals surface area contributed by atoms with Crippen LogP contribution in [0.5, 0.6) is 5.75 Å². The Morgan fingerprint density at radius 3 is 2.48 bits per heavy atom. The first-order valence-corrected chi connectivity index (χ1v) is 9.15. The number of carbonyl (C=O) groups is 2. The first-order chi connectivity index (χ1) is 13.2. The van der Waals surface area contributed by atoms with Crippen LogP contribution < -0.4 is 15.0 Å². The van der Waals surface area contributed by atoms with Gasteiger partial charge in [0.1, 0.15) is 5.75 Å². The second kappa shape index (κ2) is 9.19. The highest BCUT2D eigenvalue weighted by Crippen LogP contribution is 2.21. The Bertz CT molecular complexity index is 783. The lowest BCUT2D eigenvalue weighted by Crippen LogP contribution is -2.36. The normalized spacial score (nSPS) is 13.9. The molecule has 0 bridgehead atoms. The zero-order chi connectivity index (χ0) is 19.1. The van der Waals surface area contributed by atoms with Crippen molar-refractivity contribution < 1.29 is 19.1 Å². The van der Waals surface area contributed by atoms with E-state index in [9.17, 15) is 9.59 Å². The van der Waals surface area contributed by atoms with E-state index in [0.29, 0.717) is 23.4 Å². The van der Waals surface area contributed by atoms with Gasteiger partial charge < -0.3 is 19.7 Å². The van der Waals surface area contributed by atoms with Gasteiger partial charge in [-0.05, 0) is 36.4 Å². The molecule has 6 heteroatoms. The molecule has 0 aromatic heterocycles. The maximum absolute atomic E-state index is 12.2. The van der Waals surface area contributed by atoms with E-state index in [1.807, 2.05) is 24.3 Å². The Labute approximate surface area is 159 Å². The molecule has 1 N–H and O–H groups in total. The Morgan fingerprint density at radius 2 is 1.78 bits per heavy atom. The van der Waals surface area contributed by atoms with Crippen molar-refractivity contribution in [3.8, 4) is 5.75 Å². The Morgan fingerprint density at radius 1 is 1.07 bits per heavy atom. The number of anilines is 2. The average molecular weight is 368 g/mol. The summed E-state index contributed by atoms with van der Waals surface area (Å²) < 4.78 is 10.9. The number of amides is 1. The summed E-state index contributed by atoms with van der Waals surface area (Å²) in [5, 5.41) is 2.81. The zero-order valence-corrected chi connectivity index (χ0v) is 15.4. The smallest absolute Gasteiger partial charge is 0.262 e. The van der Waals surface area contributed by atoms with Crippen molar-refractivity contribution in [2.45, 2.75) is 13.3 Å². The number of nitrogens with one attached hydrogen (secondary N) is 1. The third kappa shape index (κ3) is 5.08. The number of Topliss-reactive ketones (excluding diaryl/α,β-unsaturated/α-hetero) is 1. The lowest BCUT2D eigenvalue weighted by molar-refractivity contribution is -0.118. The minimum absolute atomic E-state index is 0.00953. The highest BCUT2D eigenvalue weighted by Gasteiger charge is 2.13. The molecular formula is C21H24N2O4. The molecule has 1 aliphatic rings. The molecule has 3 rings (SSSR count). The van der Waals surface area contributed by atoms with Crippen LogP contribution in [0.1, 0.15) is 23.7 Å². The van der Waals surface area contributed by atoms with E-state index in [4.69, 9.17) is 9.47 Å². The molecular weight excluding hydrogens is 344 g/mol. The van der Waals surface area contributed by atoms with Crippen LogP contribution in [0, 0.1) is 0 Å². The molecule has 1 heterocycles. The summed E-state index contributed by atoms with van der Waals surface area (Å²) in [4.78, 5) is 26.4. The van der Waals surface area contributed by atoms with Gasteiger partial charge in [-0.3, -0.25) is 9.59 Å². The number of benzene rings is 2. The third-order valence-electron chi connectivity index (χ3n) is 4.39. The molecule has 2 aromatic carbocycles. The van der Waals surface area contributed by atoms with Crippen LogP contribution in [0.15, 0.2) is 48.5 Å². The van der Waals surface area contributed by atoms with Gasteiger partial charge in [0, 0.05) is 30.9 Å². The van der Waals surface area contributed by atoms with Crippen LogP contribution in [0.2, 0.25) is 0 Å². The fourth-order valence-corrected chi connectivity index (χ4v) is 2.93. The largest absolute Gasteiger partial charge is 0.483 e. The summed E-state index contributed by atoms with van der Waals surface area (Å²) in [7, 11) is 0. The van der Waals surface area contributed by atoms with Gasteiger partial charge in [0.2, 0.25) is 0 Å². The predicted molar refractivity (Wildman–Crippen MR) is 105 cm³/mol. The maximum Gasteiger partial charge on any atom is 0.262 e. The van der Waals surface area contributed by atoms with Crippen LogP contribution in [-0.2, 0) is 9.53 Å². The van der Waals surface area contributed by atoms with Crippen molar-refractivity contribution in [3.05, 3.63) is 54.1 Å². The van der Waals surface area contributed by atoms with Gasteiger partial charge in [-0.1, -0.05) is 19.1 Å². The number of carbonyl (C=O) groups excluding carboxylic acids is 2. The standard InChI is InChI=1S/C21H24N2O4/c1-2-19(24)18-5-3-4-6-20(18)27-15-21(25)22-16-7-9-17(10-8-16)23-11-13-26-14-12-23/h3-10H,2,11-15H2,1H3,(H,22,25). The molecule has 0 spiro atoms. The Kier molecular flexibility index (Phi) is 6.44. The van der Waals surface area contributed by atoms with Crippen LogP contribution in [0.3, 0.4) is 0 Å². The SMILES string of the molecule is CCC(=O)c1ccccc1OCC(=O)Nc1ccc(N2CCOCC2)cc1. The van der Waals surface area contributed by atoms with E-state index in [0.717, 1.165) is 32.0 Å². The van der Waals surface area contributed by atoms with Crippen molar-refractivity contribution in [1.29, 1.82) is 0 Å². The number of ether oxygens (including phenoxy) is 2. The number of hydrogen-bond donors (Lipinski definition) is 1. The molecule has 6 nitrogen and oxygen atoms in total. The van der Waals surface area contributed by atoms with Gasteiger partial charge in [-0.15, -0.1) is 0 Å². The number of ketones is 1. The number of nitrogens with zero attached hydrogens (tertiary/aromatic N) is 1. The average Bonchev–Trinajstić information content (AvgIpc) is 2.73. The number of rotatable bonds is 7. The summed E-state index contributed by atoms with van der Waals surface area (Å²) in [5.41, 5.74) is 2.32. The van der Waals surface area contributed by atoms with Crippen molar-refractivity contribution in [1.82, 2.24) is 0 Å². The second-order valence-electron chi connectivity index (χ2n) is 6.26. The molecule has 0 aliphatic carbocycles. The quantitative estimate of drug-likeness (QED) is 0.761. The molecule has 1 amide bonds. The highest BCUT2D eigenvalue weighted by molar-refractivity contribution is 5.98. The first kappa shape index (κ1) is 18.9. The maximum atomic E-state index is 12.2.